The summed E-state index contributed by atoms with van der Waals surface area (Å²) in [6.45, 7) is 0. The van der Waals surface area contributed by atoms with Crippen LogP contribution in [0, 0.1) is 10.1 Å². The quantitative estimate of drug-likeness (QED) is 0.263. The molecule has 3 aromatic carbocycles. The third-order valence-electron chi connectivity index (χ3n) is 4.91. The molecule has 0 N–H and O–H groups in total. The van der Waals surface area contributed by atoms with Crippen molar-refractivity contribution in [2.24, 2.45) is 0 Å². The van der Waals surface area contributed by atoms with E-state index < -0.39 is 4.92 Å². The maximum absolute atomic E-state index is 11.4. The van der Waals surface area contributed by atoms with Crippen LogP contribution in [-0.2, 0) is 0 Å². The Hall–Kier alpha value is -3.37. The van der Waals surface area contributed by atoms with Crippen LogP contribution in [0.25, 0.3) is 38.4 Å². The molecule has 5 aromatic rings. The number of para-hydroxylation sites is 1. The zero-order valence-corrected chi connectivity index (χ0v) is 14.9. The standard InChI is InChI=1S/C22H13ClN2O2/c23-17-7-9-19(22(13-17)25(26)27)15-6-10-21-16(11-15)12-18-8-5-14-3-1-2-4-20(14)24(18)21/h1-13H. The number of hydrogen-bond donors (Lipinski definition) is 0. The first-order valence-corrected chi connectivity index (χ1v) is 8.87. The SMILES string of the molecule is O=[N+]([O-])c1cc(Cl)ccc1-c1ccc2c(c1)cc1ccc3ccccc3n12. The van der Waals surface area contributed by atoms with Crippen molar-refractivity contribution in [3.8, 4) is 11.1 Å². The van der Waals surface area contributed by atoms with Crippen LogP contribution < -0.4 is 0 Å². The lowest BCUT2D eigenvalue weighted by Gasteiger charge is -2.06. The summed E-state index contributed by atoms with van der Waals surface area (Å²) in [7, 11) is 0. The molecule has 0 unspecified atom stereocenters. The monoisotopic (exact) mass is 372 g/mol. The predicted octanol–water partition coefficient (Wildman–Crippen LogP) is 6.47. The van der Waals surface area contributed by atoms with Gasteiger partial charge in [0.15, 0.2) is 0 Å². The van der Waals surface area contributed by atoms with Crippen molar-refractivity contribution < 1.29 is 4.92 Å². The van der Waals surface area contributed by atoms with Gasteiger partial charge in [-0.25, -0.2) is 0 Å². The third kappa shape index (κ3) is 2.46. The topological polar surface area (TPSA) is 47.5 Å². The zero-order chi connectivity index (χ0) is 18.5. The van der Waals surface area contributed by atoms with E-state index >= 15 is 0 Å². The maximum atomic E-state index is 11.4. The lowest BCUT2D eigenvalue weighted by atomic mass is 10.0. The number of nitrogens with zero attached hydrogens (tertiary/aromatic N) is 2. The van der Waals surface area contributed by atoms with Crippen molar-refractivity contribution in [1.29, 1.82) is 0 Å². The predicted molar refractivity (Wildman–Crippen MR) is 110 cm³/mol. The Morgan fingerprint density at radius 2 is 1.63 bits per heavy atom. The van der Waals surface area contributed by atoms with E-state index in [1.807, 2.05) is 30.3 Å². The van der Waals surface area contributed by atoms with Gasteiger partial charge in [0.05, 0.1) is 21.5 Å². The molecule has 0 radical (unpaired) electrons. The van der Waals surface area contributed by atoms with E-state index in [1.165, 1.54) is 11.5 Å². The van der Waals surface area contributed by atoms with E-state index in [4.69, 9.17) is 11.6 Å². The Kier molecular flexibility index (Phi) is 3.42. The van der Waals surface area contributed by atoms with Gasteiger partial charge >= 0.3 is 0 Å². The van der Waals surface area contributed by atoms with Gasteiger partial charge in [-0.3, -0.25) is 10.1 Å². The van der Waals surface area contributed by atoms with Crippen molar-refractivity contribution >= 4 is 44.6 Å². The van der Waals surface area contributed by atoms with E-state index in [1.54, 1.807) is 12.1 Å². The van der Waals surface area contributed by atoms with Crippen LogP contribution in [0.2, 0.25) is 5.02 Å². The molecular weight excluding hydrogens is 360 g/mol. The van der Waals surface area contributed by atoms with Crippen LogP contribution in [0.5, 0.6) is 0 Å². The summed E-state index contributed by atoms with van der Waals surface area (Å²) in [5, 5.41) is 14.0. The molecule has 0 saturated heterocycles. The highest BCUT2D eigenvalue weighted by Gasteiger charge is 2.17. The molecule has 0 fully saturated rings. The highest BCUT2D eigenvalue weighted by atomic mass is 35.5. The van der Waals surface area contributed by atoms with Gasteiger partial charge < -0.3 is 4.40 Å². The van der Waals surface area contributed by atoms with Crippen LogP contribution in [0.1, 0.15) is 0 Å². The number of nitro groups is 1. The normalized spacial score (nSPS) is 11.4. The molecule has 2 aromatic heterocycles. The summed E-state index contributed by atoms with van der Waals surface area (Å²) < 4.78 is 2.21. The van der Waals surface area contributed by atoms with Gasteiger partial charge in [-0.05, 0) is 53.4 Å². The number of hydrogen-bond acceptors (Lipinski definition) is 2. The van der Waals surface area contributed by atoms with Crippen LogP contribution in [0.15, 0.2) is 78.9 Å². The number of aromatic nitrogens is 1. The average Bonchev–Trinajstić information content (AvgIpc) is 3.06. The number of fused-ring (bicyclic) bond motifs is 5. The van der Waals surface area contributed by atoms with E-state index in [0.29, 0.717) is 10.6 Å². The molecular formula is C22H13ClN2O2. The molecule has 0 bridgehead atoms. The smallest absolute Gasteiger partial charge is 0.278 e. The van der Waals surface area contributed by atoms with Gasteiger partial charge in [-0.2, -0.15) is 0 Å². The minimum absolute atomic E-state index is 0.0102. The van der Waals surface area contributed by atoms with Crippen LogP contribution in [0.3, 0.4) is 0 Å². The highest BCUT2D eigenvalue weighted by molar-refractivity contribution is 6.31. The number of halogens is 1. The largest absolute Gasteiger partial charge is 0.309 e. The van der Waals surface area contributed by atoms with Crippen molar-refractivity contribution in [3.05, 3.63) is 94.0 Å². The fourth-order valence-electron chi connectivity index (χ4n) is 3.70. The number of benzene rings is 3. The fourth-order valence-corrected chi connectivity index (χ4v) is 3.87. The first-order chi connectivity index (χ1) is 13.1. The van der Waals surface area contributed by atoms with Crippen LogP contribution in [0.4, 0.5) is 5.69 Å². The van der Waals surface area contributed by atoms with Crippen LogP contribution >= 0.6 is 11.6 Å². The molecule has 0 aliphatic carbocycles. The number of pyridine rings is 1. The Morgan fingerprint density at radius 3 is 2.48 bits per heavy atom. The van der Waals surface area contributed by atoms with Crippen molar-refractivity contribution in [2.45, 2.75) is 0 Å². The molecule has 0 amide bonds. The molecule has 0 spiro atoms. The molecule has 130 valence electrons. The number of rotatable bonds is 2. The molecule has 0 atom stereocenters. The second kappa shape index (κ2) is 5.83. The lowest BCUT2D eigenvalue weighted by molar-refractivity contribution is -0.384. The van der Waals surface area contributed by atoms with Gasteiger partial charge in [0, 0.05) is 22.0 Å². The second-order valence-electron chi connectivity index (χ2n) is 6.49. The second-order valence-corrected chi connectivity index (χ2v) is 6.93. The summed E-state index contributed by atoms with van der Waals surface area (Å²) in [4.78, 5) is 11.0. The molecule has 5 rings (SSSR count). The maximum Gasteiger partial charge on any atom is 0.278 e. The Labute approximate surface area is 159 Å². The molecule has 0 aliphatic heterocycles. The minimum atomic E-state index is -0.394. The first kappa shape index (κ1) is 15.9. The van der Waals surface area contributed by atoms with Gasteiger partial charge in [-0.15, -0.1) is 0 Å². The van der Waals surface area contributed by atoms with Crippen LogP contribution in [-0.4, -0.2) is 9.32 Å². The summed E-state index contributed by atoms with van der Waals surface area (Å²) in [5.41, 5.74) is 4.66. The molecule has 0 aliphatic rings. The van der Waals surface area contributed by atoms with Gasteiger partial charge in [0.2, 0.25) is 0 Å². The van der Waals surface area contributed by atoms with Crippen molar-refractivity contribution in [3.63, 3.8) is 0 Å². The van der Waals surface area contributed by atoms with E-state index in [0.717, 1.165) is 27.5 Å². The molecule has 4 nitrogen and oxygen atoms in total. The summed E-state index contributed by atoms with van der Waals surface area (Å²) in [6.07, 6.45) is 0. The zero-order valence-electron chi connectivity index (χ0n) is 14.1. The van der Waals surface area contributed by atoms with Gasteiger partial charge in [0.25, 0.3) is 5.69 Å². The fraction of sp³-hybridized carbons (Fsp3) is 0. The Morgan fingerprint density at radius 1 is 0.815 bits per heavy atom. The average molecular weight is 373 g/mol. The molecule has 0 saturated carbocycles. The van der Waals surface area contributed by atoms with E-state index in [-0.39, 0.29) is 5.69 Å². The highest BCUT2D eigenvalue weighted by Crippen LogP contribution is 2.35. The number of nitro benzene ring substituents is 1. The Balaban J connectivity index is 1.79. The third-order valence-corrected chi connectivity index (χ3v) is 5.14. The van der Waals surface area contributed by atoms with Crippen molar-refractivity contribution in [1.82, 2.24) is 4.40 Å². The van der Waals surface area contributed by atoms with E-state index in [2.05, 4.69) is 34.7 Å². The Bertz CT molecular complexity index is 1370. The van der Waals surface area contributed by atoms with E-state index in [9.17, 15) is 10.1 Å². The molecule has 27 heavy (non-hydrogen) atoms. The van der Waals surface area contributed by atoms with Gasteiger partial charge in [-0.1, -0.05) is 41.9 Å². The summed E-state index contributed by atoms with van der Waals surface area (Å²) >= 11 is 5.94. The summed E-state index contributed by atoms with van der Waals surface area (Å²) in [6, 6.07) is 25.2. The van der Waals surface area contributed by atoms with Crippen molar-refractivity contribution in [2.75, 3.05) is 0 Å². The molecule has 2 heterocycles. The summed E-state index contributed by atoms with van der Waals surface area (Å²) in [5.74, 6) is 0. The van der Waals surface area contributed by atoms with Gasteiger partial charge in [0.1, 0.15) is 0 Å². The first-order valence-electron chi connectivity index (χ1n) is 8.49. The molecule has 5 heteroatoms. The minimum Gasteiger partial charge on any atom is -0.309 e. The lowest BCUT2D eigenvalue weighted by Crippen LogP contribution is -1.92.